The minimum absolute atomic E-state index is 0.366. The van der Waals surface area contributed by atoms with Gasteiger partial charge in [0.05, 0.1) is 12.7 Å². The van der Waals surface area contributed by atoms with Gasteiger partial charge in [0.15, 0.2) is 0 Å². The normalized spacial score (nSPS) is 13.5. The van der Waals surface area contributed by atoms with Crippen LogP contribution in [-0.2, 0) is 4.74 Å². The Morgan fingerprint density at radius 3 is 2.64 bits per heavy atom. The molecule has 0 radical (unpaired) electrons. The zero-order valence-corrected chi connectivity index (χ0v) is 10.2. The van der Waals surface area contributed by atoms with Crippen LogP contribution < -0.4 is 0 Å². The average molecular weight is 221 g/mol. The second-order valence-electron chi connectivity index (χ2n) is 3.66. The molecule has 0 spiro atoms. The van der Waals surface area contributed by atoms with Crippen LogP contribution in [0.15, 0.2) is 0 Å². The predicted octanol–water partition coefficient (Wildman–Crippen LogP) is 1.03. The average Bonchev–Trinajstić information content (AvgIpc) is 2.13. The molecule has 0 aromatic heterocycles. The van der Waals surface area contributed by atoms with Crippen LogP contribution in [0.4, 0.5) is 0 Å². The Kier molecular flexibility index (Phi) is 9.93. The van der Waals surface area contributed by atoms with E-state index in [0.29, 0.717) is 13.2 Å². The number of likely N-dealkylation sites (N-methyl/N-ethyl adjacent to an activating group) is 1. The maximum Gasteiger partial charge on any atom is 0.0899 e. The first kappa shape index (κ1) is 14.2. The summed E-state index contributed by atoms with van der Waals surface area (Å²) in [4.78, 5) is 2.14. The molecule has 0 bridgehead atoms. The van der Waals surface area contributed by atoms with Crippen molar-refractivity contribution in [2.24, 2.45) is 0 Å². The predicted molar refractivity (Wildman–Crippen MR) is 63.1 cm³/mol. The molecule has 4 heteroatoms. The molecule has 0 aromatic rings. The molecule has 0 aromatic carbocycles. The molecular weight excluding hydrogens is 198 g/mol. The van der Waals surface area contributed by atoms with Gasteiger partial charge in [0.2, 0.25) is 0 Å². The standard InChI is InChI=1S/C10H23NO2S/c1-11(6-4-3-5-7-14)8-10(12)9-13-2/h10,12,14H,3-9H2,1-2H3. The van der Waals surface area contributed by atoms with Gasteiger partial charge in [-0.1, -0.05) is 6.42 Å². The van der Waals surface area contributed by atoms with Gasteiger partial charge in [-0.25, -0.2) is 0 Å². The lowest BCUT2D eigenvalue weighted by Gasteiger charge is -2.19. The van der Waals surface area contributed by atoms with Gasteiger partial charge in [-0.15, -0.1) is 0 Å². The van der Waals surface area contributed by atoms with E-state index in [1.165, 1.54) is 19.3 Å². The van der Waals surface area contributed by atoms with Crippen molar-refractivity contribution >= 4 is 12.6 Å². The number of ether oxygens (including phenoxy) is 1. The molecule has 1 unspecified atom stereocenters. The van der Waals surface area contributed by atoms with Gasteiger partial charge in [0.25, 0.3) is 0 Å². The summed E-state index contributed by atoms with van der Waals surface area (Å²) in [6.07, 6.45) is 3.21. The van der Waals surface area contributed by atoms with E-state index in [-0.39, 0.29) is 6.10 Å². The number of hydrogen-bond acceptors (Lipinski definition) is 4. The molecular formula is C10H23NO2S. The summed E-state index contributed by atoms with van der Waals surface area (Å²) in [5.74, 6) is 0.968. The lowest BCUT2D eigenvalue weighted by molar-refractivity contribution is 0.0430. The number of thiol groups is 1. The highest BCUT2D eigenvalue weighted by molar-refractivity contribution is 7.80. The molecule has 0 saturated carbocycles. The quantitative estimate of drug-likeness (QED) is 0.450. The summed E-state index contributed by atoms with van der Waals surface area (Å²) in [5, 5.41) is 9.44. The number of methoxy groups -OCH3 is 1. The summed E-state index contributed by atoms with van der Waals surface area (Å²) in [5.41, 5.74) is 0. The lowest BCUT2D eigenvalue weighted by atomic mass is 10.2. The van der Waals surface area contributed by atoms with Crippen molar-refractivity contribution in [3.05, 3.63) is 0 Å². The molecule has 0 saturated heterocycles. The van der Waals surface area contributed by atoms with Crippen LogP contribution in [0, 0.1) is 0 Å². The second kappa shape index (κ2) is 9.77. The molecule has 0 rings (SSSR count). The van der Waals surface area contributed by atoms with E-state index in [1.807, 2.05) is 7.05 Å². The SMILES string of the molecule is COCC(O)CN(C)CCCCCS. The topological polar surface area (TPSA) is 32.7 Å². The number of aliphatic hydroxyl groups excluding tert-OH is 1. The Morgan fingerprint density at radius 1 is 1.36 bits per heavy atom. The van der Waals surface area contributed by atoms with Gasteiger partial charge in [0.1, 0.15) is 0 Å². The second-order valence-corrected chi connectivity index (χ2v) is 4.10. The first-order chi connectivity index (χ1) is 6.70. The first-order valence-electron chi connectivity index (χ1n) is 5.17. The molecule has 0 fully saturated rings. The van der Waals surface area contributed by atoms with E-state index in [1.54, 1.807) is 7.11 Å². The number of rotatable bonds is 9. The number of aliphatic hydroxyl groups is 1. The third kappa shape index (κ3) is 8.81. The summed E-state index contributed by atoms with van der Waals surface area (Å²) >= 11 is 4.16. The van der Waals surface area contributed by atoms with Gasteiger partial charge in [-0.3, -0.25) is 0 Å². The number of nitrogens with zero attached hydrogens (tertiary/aromatic N) is 1. The highest BCUT2D eigenvalue weighted by Crippen LogP contribution is 1.99. The first-order valence-corrected chi connectivity index (χ1v) is 5.80. The van der Waals surface area contributed by atoms with E-state index in [0.717, 1.165) is 12.3 Å². The Balaban J connectivity index is 3.30. The van der Waals surface area contributed by atoms with E-state index < -0.39 is 0 Å². The molecule has 0 amide bonds. The van der Waals surface area contributed by atoms with Crippen molar-refractivity contribution < 1.29 is 9.84 Å². The van der Waals surface area contributed by atoms with Gasteiger partial charge < -0.3 is 14.7 Å². The third-order valence-corrected chi connectivity index (χ3v) is 2.40. The largest absolute Gasteiger partial charge is 0.389 e. The van der Waals surface area contributed by atoms with Crippen LogP contribution in [0.2, 0.25) is 0 Å². The Hall–Kier alpha value is 0.230. The van der Waals surface area contributed by atoms with Crippen molar-refractivity contribution in [1.29, 1.82) is 0 Å². The maximum absolute atomic E-state index is 9.44. The van der Waals surface area contributed by atoms with Gasteiger partial charge in [-0.05, 0) is 32.2 Å². The fourth-order valence-corrected chi connectivity index (χ4v) is 1.59. The monoisotopic (exact) mass is 221 g/mol. The summed E-state index contributed by atoms with van der Waals surface area (Å²) in [6, 6.07) is 0. The summed E-state index contributed by atoms with van der Waals surface area (Å²) in [6.45, 7) is 2.14. The summed E-state index contributed by atoms with van der Waals surface area (Å²) < 4.78 is 4.86. The van der Waals surface area contributed by atoms with Crippen molar-refractivity contribution in [3.63, 3.8) is 0 Å². The molecule has 0 aliphatic heterocycles. The molecule has 1 N–H and O–H groups in total. The Bertz CT molecular complexity index is 125. The number of hydrogen-bond donors (Lipinski definition) is 2. The van der Waals surface area contributed by atoms with Crippen molar-refractivity contribution in [1.82, 2.24) is 4.90 Å². The molecule has 3 nitrogen and oxygen atoms in total. The lowest BCUT2D eigenvalue weighted by Crippen LogP contribution is -2.32. The number of unbranched alkanes of at least 4 members (excludes halogenated alkanes) is 2. The minimum atomic E-state index is -0.366. The molecule has 1 atom stereocenters. The van der Waals surface area contributed by atoms with Gasteiger partial charge in [0, 0.05) is 13.7 Å². The molecule has 14 heavy (non-hydrogen) atoms. The maximum atomic E-state index is 9.44. The minimum Gasteiger partial charge on any atom is -0.389 e. The van der Waals surface area contributed by atoms with Crippen LogP contribution >= 0.6 is 12.6 Å². The fraction of sp³-hybridized carbons (Fsp3) is 1.00. The fourth-order valence-electron chi connectivity index (χ4n) is 1.37. The van der Waals surface area contributed by atoms with Gasteiger partial charge in [-0.2, -0.15) is 12.6 Å². The zero-order valence-electron chi connectivity index (χ0n) is 9.28. The molecule has 0 heterocycles. The van der Waals surface area contributed by atoms with E-state index in [9.17, 15) is 5.11 Å². The molecule has 86 valence electrons. The molecule has 0 aliphatic rings. The highest BCUT2D eigenvalue weighted by Gasteiger charge is 2.06. The van der Waals surface area contributed by atoms with Crippen LogP contribution in [-0.4, -0.2) is 55.7 Å². The van der Waals surface area contributed by atoms with Crippen LogP contribution in [0.1, 0.15) is 19.3 Å². The smallest absolute Gasteiger partial charge is 0.0899 e. The summed E-state index contributed by atoms with van der Waals surface area (Å²) in [7, 11) is 3.63. The molecule has 0 aliphatic carbocycles. The van der Waals surface area contributed by atoms with Gasteiger partial charge >= 0.3 is 0 Å². The third-order valence-electron chi connectivity index (χ3n) is 2.08. The van der Waals surface area contributed by atoms with Crippen LogP contribution in [0.25, 0.3) is 0 Å². The van der Waals surface area contributed by atoms with Crippen molar-refractivity contribution in [2.75, 3.05) is 39.6 Å². The van der Waals surface area contributed by atoms with Crippen LogP contribution in [0.5, 0.6) is 0 Å². The van der Waals surface area contributed by atoms with E-state index in [4.69, 9.17) is 4.74 Å². The van der Waals surface area contributed by atoms with E-state index in [2.05, 4.69) is 17.5 Å². The Labute approximate surface area is 92.8 Å². The highest BCUT2D eigenvalue weighted by atomic mass is 32.1. The van der Waals surface area contributed by atoms with Crippen molar-refractivity contribution in [2.45, 2.75) is 25.4 Å². The van der Waals surface area contributed by atoms with Crippen molar-refractivity contribution in [3.8, 4) is 0 Å². The van der Waals surface area contributed by atoms with Crippen LogP contribution in [0.3, 0.4) is 0 Å². The zero-order chi connectivity index (χ0) is 10.8. The Morgan fingerprint density at radius 2 is 2.07 bits per heavy atom. The van der Waals surface area contributed by atoms with E-state index >= 15 is 0 Å².